The van der Waals surface area contributed by atoms with Crippen LogP contribution in [0.2, 0.25) is 0 Å². The number of urea groups is 1. The van der Waals surface area contributed by atoms with Crippen LogP contribution >= 0.6 is 0 Å². The molecule has 1 saturated heterocycles. The molecule has 0 saturated carbocycles. The molecule has 1 heterocycles. The molecule has 2 atom stereocenters. The van der Waals surface area contributed by atoms with E-state index in [4.69, 9.17) is 4.74 Å². The van der Waals surface area contributed by atoms with E-state index in [-0.39, 0.29) is 24.6 Å². The molecular formula is C19H22N2O3. The number of carbonyl (C=O) groups is 1. The first-order valence-corrected chi connectivity index (χ1v) is 8.14. The number of hydrogen-bond acceptors (Lipinski definition) is 3. The lowest BCUT2D eigenvalue weighted by atomic mass is 9.91. The van der Waals surface area contributed by atoms with Crippen molar-refractivity contribution in [2.75, 3.05) is 19.8 Å². The topological polar surface area (TPSA) is 70.6 Å². The average Bonchev–Trinajstić information content (AvgIpc) is 3.02. The first kappa shape index (κ1) is 16.5. The van der Waals surface area contributed by atoms with Crippen molar-refractivity contribution in [3.05, 3.63) is 71.8 Å². The van der Waals surface area contributed by atoms with Crippen molar-refractivity contribution in [3.63, 3.8) is 0 Å². The van der Waals surface area contributed by atoms with Gasteiger partial charge in [0.1, 0.15) is 0 Å². The second kappa shape index (κ2) is 7.95. The van der Waals surface area contributed by atoms with Crippen LogP contribution in [-0.2, 0) is 4.74 Å². The molecule has 2 aromatic rings. The maximum atomic E-state index is 12.1. The molecule has 1 aliphatic heterocycles. The quantitative estimate of drug-likeness (QED) is 0.786. The van der Waals surface area contributed by atoms with Crippen molar-refractivity contribution in [3.8, 4) is 0 Å². The Balaban J connectivity index is 1.65. The van der Waals surface area contributed by atoms with Gasteiger partial charge in [-0.25, -0.2) is 4.79 Å². The van der Waals surface area contributed by atoms with Gasteiger partial charge in [0.05, 0.1) is 25.4 Å². The second-order valence-electron chi connectivity index (χ2n) is 5.94. The summed E-state index contributed by atoms with van der Waals surface area (Å²) in [7, 11) is 0. The summed E-state index contributed by atoms with van der Waals surface area (Å²) in [5.41, 5.74) is 2.29. The van der Waals surface area contributed by atoms with E-state index in [1.807, 2.05) is 36.4 Å². The molecule has 0 unspecified atom stereocenters. The zero-order valence-corrected chi connectivity index (χ0v) is 13.4. The molecule has 1 fully saturated rings. The number of amides is 2. The van der Waals surface area contributed by atoms with Crippen molar-refractivity contribution < 1.29 is 14.6 Å². The van der Waals surface area contributed by atoms with Crippen molar-refractivity contribution in [2.24, 2.45) is 0 Å². The Bertz CT molecular complexity index is 609. The van der Waals surface area contributed by atoms with Crippen LogP contribution in [0.4, 0.5) is 4.79 Å². The number of nitrogens with one attached hydrogen (secondary N) is 2. The Kier molecular flexibility index (Phi) is 5.46. The lowest BCUT2D eigenvalue weighted by molar-refractivity contribution is 0.122. The van der Waals surface area contributed by atoms with Crippen molar-refractivity contribution in [1.29, 1.82) is 0 Å². The zero-order valence-electron chi connectivity index (χ0n) is 13.4. The monoisotopic (exact) mass is 326 g/mol. The Hall–Kier alpha value is -2.37. The summed E-state index contributed by atoms with van der Waals surface area (Å²) >= 11 is 0. The molecular weight excluding hydrogens is 304 g/mol. The molecule has 2 aromatic carbocycles. The van der Waals surface area contributed by atoms with Gasteiger partial charge in [-0.3, -0.25) is 0 Å². The third-order valence-corrected chi connectivity index (χ3v) is 4.24. The highest BCUT2D eigenvalue weighted by molar-refractivity contribution is 5.74. The molecule has 5 nitrogen and oxygen atoms in total. The molecule has 126 valence electrons. The Morgan fingerprint density at radius 3 is 2.12 bits per heavy atom. The lowest BCUT2D eigenvalue weighted by Crippen LogP contribution is -2.48. The minimum absolute atomic E-state index is 0.0721. The first-order valence-electron chi connectivity index (χ1n) is 8.14. The number of ether oxygens (including phenoxy) is 1. The molecule has 0 bridgehead atoms. The van der Waals surface area contributed by atoms with E-state index in [1.165, 1.54) is 0 Å². The summed E-state index contributed by atoms with van der Waals surface area (Å²) < 4.78 is 5.14. The van der Waals surface area contributed by atoms with E-state index >= 15 is 0 Å². The Morgan fingerprint density at radius 2 is 1.62 bits per heavy atom. The maximum absolute atomic E-state index is 12.1. The van der Waals surface area contributed by atoms with Crippen molar-refractivity contribution in [1.82, 2.24) is 10.6 Å². The van der Waals surface area contributed by atoms with Gasteiger partial charge >= 0.3 is 6.03 Å². The molecule has 0 spiro atoms. The third-order valence-electron chi connectivity index (χ3n) is 4.24. The van der Waals surface area contributed by atoms with E-state index in [9.17, 15) is 9.90 Å². The van der Waals surface area contributed by atoms with Gasteiger partial charge < -0.3 is 20.5 Å². The Labute approximate surface area is 141 Å². The second-order valence-corrected chi connectivity index (χ2v) is 5.94. The summed E-state index contributed by atoms with van der Waals surface area (Å²) in [5.74, 6) is 0.0721. The van der Waals surface area contributed by atoms with Gasteiger partial charge in [0.25, 0.3) is 0 Å². The number of aliphatic hydroxyl groups excluding tert-OH is 1. The van der Waals surface area contributed by atoms with Gasteiger partial charge in [-0.1, -0.05) is 60.7 Å². The van der Waals surface area contributed by atoms with E-state index in [2.05, 4.69) is 34.9 Å². The van der Waals surface area contributed by atoms with Gasteiger partial charge in [0, 0.05) is 12.5 Å². The summed E-state index contributed by atoms with van der Waals surface area (Å²) in [5, 5.41) is 15.4. The molecule has 3 rings (SSSR count). The zero-order chi connectivity index (χ0) is 16.8. The van der Waals surface area contributed by atoms with Crippen LogP contribution in [-0.4, -0.2) is 43.0 Å². The Morgan fingerprint density at radius 1 is 1.04 bits per heavy atom. The van der Waals surface area contributed by atoms with E-state index < -0.39 is 6.10 Å². The highest BCUT2D eigenvalue weighted by Crippen LogP contribution is 2.23. The van der Waals surface area contributed by atoms with Crippen LogP contribution in [0, 0.1) is 0 Å². The van der Waals surface area contributed by atoms with Crippen LogP contribution < -0.4 is 10.6 Å². The molecule has 2 amide bonds. The fraction of sp³-hybridized carbons (Fsp3) is 0.316. The third kappa shape index (κ3) is 4.13. The highest BCUT2D eigenvalue weighted by atomic mass is 16.5. The van der Waals surface area contributed by atoms with Gasteiger partial charge in [-0.2, -0.15) is 0 Å². The molecule has 0 aliphatic carbocycles. The fourth-order valence-electron chi connectivity index (χ4n) is 2.89. The van der Waals surface area contributed by atoms with Gasteiger partial charge in [-0.05, 0) is 11.1 Å². The largest absolute Gasteiger partial charge is 0.388 e. The minimum Gasteiger partial charge on any atom is -0.388 e. The molecule has 3 N–H and O–H groups in total. The summed E-state index contributed by atoms with van der Waals surface area (Å²) in [4.78, 5) is 12.1. The number of benzene rings is 2. The highest BCUT2D eigenvalue weighted by Gasteiger charge is 2.27. The molecule has 24 heavy (non-hydrogen) atoms. The summed E-state index contributed by atoms with van der Waals surface area (Å²) in [6.45, 7) is 1.08. The predicted octanol–water partition coefficient (Wildman–Crippen LogP) is 1.88. The summed E-state index contributed by atoms with van der Waals surface area (Å²) in [6.07, 6.45) is -0.644. The number of aliphatic hydroxyl groups is 1. The van der Waals surface area contributed by atoms with Crippen LogP contribution in [0.1, 0.15) is 17.0 Å². The lowest BCUT2D eigenvalue weighted by Gasteiger charge is -2.20. The fourth-order valence-corrected chi connectivity index (χ4v) is 2.89. The predicted molar refractivity (Wildman–Crippen MR) is 91.9 cm³/mol. The molecule has 1 aliphatic rings. The van der Waals surface area contributed by atoms with E-state index in [1.54, 1.807) is 0 Å². The summed E-state index contributed by atoms with van der Waals surface area (Å²) in [6, 6.07) is 19.6. The number of hydrogen-bond donors (Lipinski definition) is 3. The van der Waals surface area contributed by atoms with Gasteiger partial charge in [0.2, 0.25) is 0 Å². The first-order chi connectivity index (χ1) is 11.7. The minimum atomic E-state index is -0.644. The van der Waals surface area contributed by atoms with Crippen molar-refractivity contribution >= 4 is 6.03 Å². The maximum Gasteiger partial charge on any atom is 0.315 e. The van der Waals surface area contributed by atoms with Gasteiger partial charge in [-0.15, -0.1) is 0 Å². The normalized spacial score (nSPS) is 20.1. The molecule has 5 heteroatoms. The average molecular weight is 326 g/mol. The standard InChI is InChI=1S/C19H22N2O3/c22-18-13-24-12-17(18)21-19(23)20-11-16(14-7-3-1-4-8-14)15-9-5-2-6-10-15/h1-10,16-18,22H,11-13H2,(H2,20,21,23)/t17-,18-/m1/s1. The van der Waals surface area contributed by atoms with E-state index in [0.717, 1.165) is 11.1 Å². The number of carbonyl (C=O) groups excluding carboxylic acids is 1. The van der Waals surface area contributed by atoms with E-state index in [0.29, 0.717) is 13.2 Å². The van der Waals surface area contributed by atoms with Crippen LogP contribution in [0.5, 0.6) is 0 Å². The molecule has 0 radical (unpaired) electrons. The number of rotatable bonds is 5. The van der Waals surface area contributed by atoms with Crippen molar-refractivity contribution in [2.45, 2.75) is 18.1 Å². The van der Waals surface area contributed by atoms with Gasteiger partial charge in [0.15, 0.2) is 0 Å². The molecule has 0 aromatic heterocycles. The van der Waals surface area contributed by atoms with Crippen LogP contribution in [0.3, 0.4) is 0 Å². The SMILES string of the molecule is O=C(NCC(c1ccccc1)c1ccccc1)N[C@@H]1COC[C@H]1O. The van der Waals surface area contributed by atoms with Crippen LogP contribution in [0.15, 0.2) is 60.7 Å². The smallest absolute Gasteiger partial charge is 0.315 e. The van der Waals surface area contributed by atoms with Crippen LogP contribution in [0.25, 0.3) is 0 Å².